The molecule has 54 nitrogen and oxygen atoms in total. The Morgan fingerprint density at radius 3 is 1.11 bits per heavy atom. The average molecular weight is 1770 g/mol. The highest BCUT2D eigenvalue weighted by Gasteiger charge is 2.63. The summed E-state index contributed by atoms with van der Waals surface area (Å²) in [6.45, 7) is -6.79. The normalized spacial score (nSPS) is 43.9. The molecule has 8 saturated heterocycles. The fraction of sp³-hybridized carbons (Fsp3) is 0.910. The largest absolute Gasteiger partial charge is 0.477 e. The maximum atomic E-state index is 13.2. The van der Waals surface area contributed by atoms with Gasteiger partial charge < -0.3 is 240 Å². The molecule has 45 atom stereocenters. The Morgan fingerprint density at radius 2 is 0.719 bits per heavy atom. The first kappa shape index (κ1) is 102. The minimum atomic E-state index is -3.27. The van der Waals surface area contributed by atoms with Gasteiger partial charge >= 0.3 is 5.97 Å². The molecule has 700 valence electrons. The van der Waals surface area contributed by atoms with Gasteiger partial charge in [-0.2, -0.15) is 0 Å². The molecule has 8 aliphatic rings. The van der Waals surface area contributed by atoms with Crippen LogP contribution in [0.5, 0.6) is 0 Å². The first-order valence-corrected chi connectivity index (χ1v) is 38.2. The Bertz CT molecular complexity index is 3280. The lowest BCUT2D eigenvalue weighted by Crippen LogP contribution is -2.71. The predicted octanol–water partition coefficient (Wildman–Crippen LogP) is -21.1. The second kappa shape index (κ2) is 44.7. The number of ether oxygens (including phenoxy) is 16. The number of aliphatic carboxylic acids is 1. The van der Waals surface area contributed by atoms with Crippen LogP contribution in [0.2, 0.25) is 0 Å². The molecule has 0 aliphatic carbocycles. The zero-order chi connectivity index (χ0) is 90.0. The fourth-order valence-corrected chi connectivity index (χ4v) is 15.2. The van der Waals surface area contributed by atoms with E-state index in [2.05, 4.69) is 26.6 Å². The van der Waals surface area contributed by atoms with E-state index in [-0.39, 0.29) is 0 Å². The Balaban J connectivity index is 0.972. The van der Waals surface area contributed by atoms with Crippen molar-refractivity contribution in [2.75, 3.05) is 66.1 Å². The van der Waals surface area contributed by atoms with E-state index in [1.165, 1.54) is 0 Å². The van der Waals surface area contributed by atoms with Gasteiger partial charge in [0.2, 0.25) is 29.5 Å². The van der Waals surface area contributed by atoms with Gasteiger partial charge in [-0.3, -0.25) is 24.0 Å². The summed E-state index contributed by atoms with van der Waals surface area (Å²) < 4.78 is 92.8. The molecular weight excluding hydrogens is 1660 g/mol. The molecule has 8 rings (SSSR count). The van der Waals surface area contributed by atoms with E-state index in [0.29, 0.717) is 0 Å². The van der Waals surface area contributed by atoms with Crippen LogP contribution in [0.1, 0.15) is 41.0 Å². The molecule has 0 radical (unpaired) electrons. The number of aliphatic hydroxyl groups excluding tert-OH is 26. The van der Waals surface area contributed by atoms with Crippen molar-refractivity contribution in [2.45, 2.75) is 316 Å². The highest BCUT2D eigenvalue weighted by Crippen LogP contribution is 2.41. The van der Waals surface area contributed by atoms with E-state index in [1.54, 1.807) is 0 Å². The van der Waals surface area contributed by atoms with Crippen LogP contribution < -0.4 is 26.6 Å². The van der Waals surface area contributed by atoms with E-state index >= 15 is 0 Å². The van der Waals surface area contributed by atoms with Crippen LogP contribution in [0, 0.1) is 0 Å². The number of carboxylic acid groups (broad SMARTS) is 1. The summed E-state index contributed by atoms with van der Waals surface area (Å²) in [7, 11) is 0. The van der Waals surface area contributed by atoms with Gasteiger partial charge in [0.1, 0.15) is 207 Å². The summed E-state index contributed by atoms with van der Waals surface area (Å²) in [5.74, 6) is -10.0. The number of hydrogen-bond donors (Lipinski definition) is 32. The van der Waals surface area contributed by atoms with Gasteiger partial charge in [0.05, 0.1) is 84.3 Å². The van der Waals surface area contributed by atoms with Crippen molar-refractivity contribution in [2.24, 2.45) is 0 Å². The van der Waals surface area contributed by atoms with Crippen LogP contribution in [0.25, 0.3) is 0 Å². The van der Waals surface area contributed by atoms with Crippen LogP contribution in [-0.4, -0.2) is 515 Å². The lowest BCUT2D eigenvalue weighted by atomic mass is 9.88. The van der Waals surface area contributed by atoms with Gasteiger partial charge in [0.25, 0.3) is 5.79 Å². The van der Waals surface area contributed by atoms with Crippen molar-refractivity contribution < 1.29 is 242 Å². The third-order valence-corrected chi connectivity index (χ3v) is 21.4. The summed E-state index contributed by atoms with van der Waals surface area (Å²) in [6, 6.07) is -9.31. The van der Waals surface area contributed by atoms with Gasteiger partial charge in [-0.15, -0.1) is 0 Å². The zero-order valence-corrected chi connectivity index (χ0v) is 65.2. The first-order chi connectivity index (χ1) is 57.0. The zero-order valence-electron chi connectivity index (χ0n) is 65.2. The summed E-state index contributed by atoms with van der Waals surface area (Å²) in [6.07, 6.45) is -84.0. The Labute approximate surface area is 685 Å². The first-order valence-electron chi connectivity index (χ1n) is 38.2. The van der Waals surface area contributed by atoms with Gasteiger partial charge in [-0.1, -0.05) is 0 Å². The van der Waals surface area contributed by atoms with E-state index < -0.39 is 383 Å². The molecule has 8 fully saturated rings. The van der Waals surface area contributed by atoms with Crippen LogP contribution in [0.3, 0.4) is 0 Å². The van der Waals surface area contributed by atoms with Gasteiger partial charge in [0.15, 0.2) is 44.0 Å². The second-order valence-corrected chi connectivity index (χ2v) is 30.1. The number of carbonyl (C=O) groups excluding carboxylic acids is 5. The highest BCUT2D eigenvalue weighted by atomic mass is 16.8. The monoisotopic (exact) mass is 1770 g/mol. The van der Waals surface area contributed by atoms with E-state index in [9.17, 15) is 167 Å². The molecule has 0 saturated carbocycles. The molecule has 121 heavy (non-hydrogen) atoms. The fourth-order valence-electron chi connectivity index (χ4n) is 15.2. The third-order valence-electron chi connectivity index (χ3n) is 21.4. The van der Waals surface area contributed by atoms with Crippen LogP contribution in [0.4, 0.5) is 0 Å². The predicted molar refractivity (Wildman–Crippen MR) is 374 cm³/mol. The van der Waals surface area contributed by atoms with Crippen molar-refractivity contribution in [3.05, 3.63) is 0 Å². The number of aliphatic hydroxyl groups is 26. The molecule has 0 unspecified atom stereocenters. The molecule has 54 heteroatoms. The smallest absolute Gasteiger partial charge is 0.364 e. The van der Waals surface area contributed by atoms with Crippen molar-refractivity contribution in [3.63, 3.8) is 0 Å². The lowest BCUT2D eigenvalue weighted by molar-refractivity contribution is -0.389. The Morgan fingerprint density at radius 1 is 0.372 bits per heavy atom. The number of amides is 5. The lowest BCUT2D eigenvalue weighted by Gasteiger charge is -2.51. The van der Waals surface area contributed by atoms with Crippen molar-refractivity contribution >= 4 is 35.5 Å². The van der Waals surface area contributed by atoms with E-state index in [4.69, 9.17) is 75.8 Å². The molecule has 0 bridgehead atoms. The number of carbonyl (C=O) groups is 6. The van der Waals surface area contributed by atoms with Gasteiger partial charge in [-0.05, 0) is 0 Å². The summed E-state index contributed by atoms with van der Waals surface area (Å²) >= 11 is 0. The average Bonchev–Trinajstić information content (AvgIpc) is 0.752. The van der Waals surface area contributed by atoms with Crippen molar-refractivity contribution in [1.29, 1.82) is 0 Å². The Kier molecular flexibility index (Phi) is 37.5. The highest BCUT2D eigenvalue weighted by molar-refractivity contribution is 5.77. The quantitative estimate of drug-likeness (QED) is 0.0275. The van der Waals surface area contributed by atoms with Gasteiger partial charge in [0, 0.05) is 41.0 Å². The number of hydrogen-bond acceptors (Lipinski definition) is 48. The maximum absolute atomic E-state index is 13.2. The number of nitrogens with one attached hydrogen (secondary N) is 5. The van der Waals surface area contributed by atoms with Crippen molar-refractivity contribution in [3.8, 4) is 0 Å². The molecule has 0 aromatic rings. The van der Waals surface area contributed by atoms with Gasteiger partial charge in [-0.25, -0.2) is 4.79 Å². The molecule has 32 N–H and O–H groups in total. The molecule has 0 aromatic heterocycles. The summed E-state index contributed by atoms with van der Waals surface area (Å²) in [4.78, 5) is 76.4. The third kappa shape index (κ3) is 23.4. The van der Waals surface area contributed by atoms with Crippen LogP contribution in [-0.2, 0) is 105 Å². The topological polar surface area (TPSA) is 856 Å². The summed E-state index contributed by atoms with van der Waals surface area (Å²) in [5, 5.41) is 310. The molecule has 0 spiro atoms. The van der Waals surface area contributed by atoms with E-state index in [1.807, 2.05) is 0 Å². The molecule has 8 heterocycles. The summed E-state index contributed by atoms with van der Waals surface area (Å²) in [5.41, 5.74) is 0. The maximum Gasteiger partial charge on any atom is 0.364 e. The molecular formula is C67H113N5O49. The molecule has 5 amide bonds. The molecule has 8 aliphatic heterocycles. The van der Waals surface area contributed by atoms with Crippen LogP contribution in [0.15, 0.2) is 0 Å². The minimum absolute atomic E-state index is 0.864. The number of rotatable bonds is 37. The van der Waals surface area contributed by atoms with Crippen LogP contribution >= 0.6 is 0 Å². The standard InChI is InChI=1S/C67H113N5O49/c1-17(82)68-22(7-73)51(114-63-48(101)56(40(93)27(10-76)108-63)118-60-35(71-20(4)85)44(97)53(31(14-80)112-60)115-62-47(100)46(99)39(92)26(9-75)107-62)38(91)25(89)16-106-59-34(70-19(3)84)43(96)52(30(13-79)111-59)116-64-49(102)57(41(94)28(11-77)109-64)119-61-36(72-21(5)86)45(98)54(32(15-81)113-61)117-65-50(103)58(42(95)29(12-78)110-65)121-67(66(104)105)6-23(87)33(69-18(2)83)55(120-67)37(90)24(88)8-74/h22-65,73-81,87-103H,6-16H2,1-5H3,(H,68,82)(H,69,83)(H,70,84)(H,71,85)(H,72,86)(H,104,105)/t22-,23-,24+,25+,26+,27+,28+,29+,30+,31+,32+,33+,34+,35+,36+,37+,38-,39-,40-,41-,42-,43+,44+,45+,46-,47+,48+,49+,50+,51+,52+,53+,54+,55+,56-,57-,58-,59+,60-,61-,62-,63-,64-,65-,67-/m0/s1. The number of carboxylic acids is 1. The van der Waals surface area contributed by atoms with E-state index in [0.717, 1.165) is 34.6 Å². The van der Waals surface area contributed by atoms with Crippen molar-refractivity contribution in [1.82, 2.24) is 26.6 Å². The SMILES string of the molecule is CC(=O)N[C@H]1[C@H](O[C@H]2[C@@H](O)[C@@H](CO)O[C@@H](O[C@@H]([C@@H](O)[C@H](O)CO[C@@H]3O[C@H](CO)[C@@H](O[C@@H]4O[C@H](CO)[C@H](O)[C@H](O[C@@H]5O[C@H](CO)[C@@H](O[C@@H]6O[C@H](CO)[C@H](O)[C@H](O[C@]7(C(=O)O)C[C@H](O)[C@@H](NC(C)=O)[C@H]([C@H](O)[C@H](O)CO)O7)[C@H]6O)[C@H](O)[C@H]5NC(C)=O)[C@H]4O)[C@H](O)[C@H]3NC(C)=O)[C@H](CO)NC(C)=O)[C@@H]2O)O[C@H](CO)[C@@H](O[C@@H]2O[C@H](CO)[C@H](O)[C@H](O)[C@H]2O)[C@@H]1O. The molecule has 0 aromatic carbocycles. The second-order valence-electron chi connectivity index (χ2n) is 30.1. The Hall–Kier alpha value is -4.86. The minimum Gasteiger partial charge on any atom is -0.477 e.